The fraction of sp³-hybridized carbons (Fsp3) is 0.316. The molecule has 2 aromatic carbocycles. The third kappa shape index (κ3) is 4.42. The largest absolute Gasteiger partial charge is 0.497 e. The van der Waals surface area contributed by atoms with Crippen molar-refractivity contribution < 1.29 is 31.5 Å². The molecule has 29 heavy (non-hydrogen) atoms. The number of nitrogens with zero attached hydrogens (tertiary/aromatic N) is 2. The van der Waals surface area contributed by atoms with Crippen LogP contribution in [0.15, 0.2) is 29.2 Å². The summed E-state index contributed by atoms with van der Waals surface area (Å²) in [6, 6.07) is 7.45. The van der Waals surface area contributed by atoms with Gasteiger partial charge in [-0.05, 0) is 24.3 Å². The zero-order chi connectivity index (χ0) is 21.1. The van der Waals surface area contributed by atoms with Gasteiger partial charge in [-0.3, -0.25) is 4.79 Å². The number of halogens is 5. The molecule has 0 radical (unpaired) electrons. The smallest absolute Gasteiger partial charge is 0.233 e. The summed E-state index contributed by atoms with van der Waals surface area (Å²) < 4.78 is 72.1. The third-order valence-corrected chi connectivity index (χ3v) is 5.62. The van der Waals surface area contributed by atoms with Gasteiger partial charge >= 0.3 is 0 Å². The average Bonchev–Trinajstić information content (AvgIpc) is 2.76. The second-order valence-electron chi connectivity index (χ2n) is 6.25. The molecule has 1 aliphatic rings. The predicted molar refractivity (Wildman–Crippen MR) is 98.7 cm³/mol. The molecule has 0 bridgehead atoms. The Morgan fingerprint density at radius 3 is 1.93 bits per heavy atom. The highest BCUT2D eigenvalue weighted by atomic mass is 32.2. The lowest BCUT2D eigenvalue weighted by molar-refractivity contribution is -0.128. The topological polar surface area (TPSA) is 32.8 Å². The van der Waals surface area contributed by atoms with Gasteiger partial charge in [0.1, 0.15) is 5.75 Å². The molecule has 0 aromatic heterocycles. The van der Waals surface area contributed by atoms with Crippen molar-refractivity contribution in [2.24, 2.45) is 0 Å². The number of anilines is 1. The number of benzene rings is 2. The highest BCUT2D eigenvalue weighted by molar-refractivity contribution is 8.00. The third-order valence-electron chi connectivity index (χ3n) is 4.58. The number of thioether (sulfide) groups is 1. The quantitative estimate of drug-likeness (QED) is 0.311. The van der Waals surface area contributed by atoms with E-state index < -0.39 is 45.6 Å². The van der Waals surface area contributed by atoms with E-state index in [-0.39, 0.29) is 0 Å². The normalized spacial score (nSPS) is 14.3. The molecule has 1 amide bonds. The van der Waals surface area contributed by atoms with Crippen LogP contribution in [0, 0.1) is 29.1 Å². The number of carbonyl (C=O) groups is 1. The zero-order valence-electron chi connectivity index (χ0n) is 15.4. The van der Waals surface area contributed by atoms with Crippen molar-refractivity contribution in [1.29, 1.82) is 0 Å². The van der Waals surface area contributed by atoms with Crippen molar-refractivity contribution in [3.8, 4) is 5.75 Å². The monoisotopic (exact) mass is 432 g/mol. The molecule has 1 fully saturated rings. The van der Waals surface area contributed by atoms with Crippen molar-refractivity contribution in [2.75, 3.05) is 43.9 Å². The van der Waals surface area contributed by atoms with Gasteiger partial charge in [-0.25, -0.2) is 22.0 Å². The molecule has 3 rings (SSSR count). The van der Waals surface area contributed by atoms with E-state index in [2.05, 4.69) is 4.90 Å². The summed E-state index contributed by atoms with van der Waals surface area (Å²) in [5.74, 6) is -10.3. The molecule has 0 spiro atoms. The highest BCUT2D eigenvalue weighted by Crippen LogP contribution is 2.31. The van der Waals surface area contributed by atoms with E-state index >= 15 is 0 Å². The second-order valence-corrected chi connectivity index (χ2v) is 7.24. The van der Waals surface area contributed by atoms with E-state index in [9.17, 15) is 26.7 Å². The minimum absolute atomic E-state index is 0.298. The van der Waals surface area contributed by atoms with Gasteiger partial charge in [-0.1, -0.05) is 0 Å². The van der Waals surface area contributed by atoms with Crippen molar-refractivity contribution in [2.45, 2.75) is 4.90 Å². The van der Waals surface area contributed by atoms with Crippen molar-refractivity contribution in [3.05, 3.63) is 53.4 Å². The van der Waals surface area contributed by atoms with Crippen molar-refractivity contribution in [1.82, 2.24) is 4.90 Å². The zero-order valence-corrected chi connectivity index (χ0v) is 16.2. The molecule has 0 atom stereocenters. The number of methoxy groups -OCH3 is 1. The Labute approximate surface area is 168 Å². The summed E-state index contributed by atoms with van der Waals surface area (Å²) in [6.45, 7) is 1.85. The lowest BCUT2D eigenvalue weighted by Crippen LogP contribution is -2.49. The lowest BCUT2D eigenvalue weighted by Gasteiger charge is -2.36. The molecule has 1 saturated heterocycles. The molecule has 2 aromatic rings. The minimum atomic E-state index is -2.22. The number of ether oxygens (including phenoxy) is 1. The van der Waals surface area contributed by atoms with Gasteiger partial charge in [0.25, 0.3) is 0 Å². The molecule has 156 valence electrons. The van der Waals surface area contributed by atoms with Crippen LogP contribution in [0.5, 0.6) is 5.75 Å². The molecule has 4 nitrogen and oxygen atoms in total. The van der Waals surface area contributed by atoms with E-state index in [1.165, 1.54) is 4.90 Å². The van der Waals surface area contributed by atoms with Crippen LogP contribution >= 0.6 is 11.8 Å². The Balaban J connectivity index is 1.58. The van der Waals surface area contributed by atoms with Gasteiger partial charge in [-0.2, -0.15) is 0 Å². The molecule has 0 saturated carbocycles. The maximum absolute atomic E-state index is 13.7. The summed E-state index contributed by atoms with van der Waals surface area (Å²) in [5.41, 5.74) is 0.966. The number of hydrogen-bond donors (Lipinski definition) is 0. The van der Waals surface area contributed by atoms with Gasteiger partial charge in [-0.15, -0.1) is 11.8 Å². The summed E-state index contributed by atoms with van der Waals surface area (Å²) in [5, 5.41) is 0. The maximum atomic E-state index is 13.7. The van der Waals surface area contributed by atoms with Crippen molar-refractivity contribution in [3.63, 3.8) is 0 Å². The van der Waals surface area contributed by atoms with Crippen LogP contribution in [-0.2, 0) is 4.79 Å². The summed E-state index contributed by atoms with van der Waals surface area (Å²) in [6.07, 6.45) is 0. The molecular weight excluding hydrogens is 415 g/mol. The molecule has 0 unspecified atom stereocenters. The number of piperazine rings is 1. The molecule has 10 heteroatoms. The first-order chi connectivity index (χ1) is 13.8. The fourth-order valence-electron chi connectivity index (χ4n) is 2.94. The molecule has 1 aliphatic heterocycles. The molecular formula is C19H17F5N2O2S. The molecule has 1 heterocycles. The van der Waals surface area contributed by atoms with Crippen LogP contribution in [0.3, 0.4) is 0 Å². The maximum Gasteiger partial charge on any atom is 0.233 e. The fourth-order valence-corrected chi connectivity index (χ4v) is 3.83. The van der Waals surface area contributed by atoms with Crippen LogP contribution in [0.2, 0.25) is 0 Å². The summed E-state index contributed by atoms with van der Waals surface area (Å²) in [7, 11) is 1.57. The van der Waals surface area contributed by atoms with E-state index in [0.29, 0.717) is 37.9 Å². The van der Waals surface area contributed by atoms with E-state index in [4.69, 9.17) is 4.74 Å². The first kappa shape index (κ1) is 21.2. The second kappa shape index (κ2) is 8.89. The predicted octanol–water partition coefficient (Wildman–Crippen LogP) is 3.83. The standard InChI is InChI=1S/C19H17F5N2O2S/c1-28-12-4-2-11(3-5-12)25-6-8-26(9-7-25)13(27)10-29-19-17(23)15(21)14(20)16(22)18(19)24/h2-5H,6-10H2,1H3. The Morgan fingerprint density at radius 2 is 1.41 bits per heavy atom. The van der Waals surface area contributed by atoms with Gasteiger partial charge in [0.2, 0.25) is 11.7 Å². The van der Waals surface area contributed by atoms with E-state index in [1.54, 1.807) is 7.11 Å². The van der Waals surface area contributed by atoms with Crippen LogP contribution in [-0.4, -0.2) is 49.8 Å². The minimum Gasteiger partial charge on any atom is -0.497 e. The van der Waals surface area contributed by atoms with Gasteiger partial charge in [0, 0.05) is 31.9 Å². The Hall–Kier alpha value is -2.49. The van der Waals surface area contributed by atoms with Gasteiger partial charge in [0.05, 0.1) is 17.8 Å². The molecule has 0 aliphatic carbocycles. The van der Waals surface area contributed by atoms with Crippen LogP contribution in [0.25, 0.3) is 0 Å². The number of rotatable bonds is 5. The van der Waals surface area contributed by atoms with Crippen molar-refractivity contribution >= 4 is 23.4 Å². The van der Waals surface area contributed by atoms with Gasteiger partial charge in [0.15, 0.2) is 23.3 Å². The Morgan fingerprint density at radius 1 is 0.897 bits per heavy atom. The first-order valence-corrected chi connectivity index (χ1v) is 9.63. The first-order valence-electron chi connectivity index (χ1n) is 8.64. The van der Waals surface area contributed by atoms with E-state index in [1.807, 2.05) is 24.3 Å². The number of carbonyl (C=O) groups excluding carboxylic acids is 1. The van der Waals surface area contributed by atoms with Crippen LogP contribution < -0.4 is 9.64 Å². The Bertz CT molecular complexity index is 873. The molecule has 0 N–H and O–H groups in total. The van der Waals surface area contributed by atoms with Gasteiger partial charge < -0.3 is 14.5 Å². The summed E-state index contributed by atoms with van der Waals surface area (Å²) >= 11 is 0.298. The number of amides is 1. The highest BCUT2D eigenvalue weighted by Gasteiger charge is 2.27. The summed E-state index contributed by atoms with van der Waals surface area (Å²) in [4.78, 5) is 14.8. The Kier molecular flexibility index (Phi) is 6.51. The number of hydrogen-bond acceptors (Lipinski definition) is 4. The average molecular weight is 432 g/mol. The SMILES string of the molecule is COc1ccc(N2CCN(C(=O)CSc3c(F)c(F)c(F)c(F)c3F)CC2)cc1. The van der Waals surface area contributed by atoms with Crippen LogP contribution in [0.1, 0.15) is 0 Å². The van der Waals surface area contributed by atoms with Crippen LogP contribution in [0.4, 0.5) is 27.6 Å². The lowest BCUT2D eigenvalue weighted by atomic mass is 10.2. The van der Waals surface area contributed by atoms with E-state index in [0.717, 1.165) is 11.4 Å².